The molecule has 38 heavy (non-hydrogen) atoms. The van der Waals surface area contributed by atoms with Crippen molar-refractivity contribution in [1.29, 1.82) is 0 Å². The van der Waals surface area contributed by atoms with E-state index in [2.05, 4.69) is 30.5 Å². The lowest BCUT2D eigenvalue weighted by atomic mass is 10.3. The van der Waals surface area contributed by atoms with Crippen LogP contribution in [0.25, 0.3) is 20.4 Å². The zero-order valence-corrected chi connectivity index (χ0v) is 23.2. The van der Waals surface area contributed by atoms with Crippen LogP contribution in [-0.4, -0.2) is 26.8 Å². The number of hydrogen-bond acceptors (Lipinski definition) is 12. The van der Waals surface area contributed by atoms with Gasteiger partial charge in [0.2, 0.25) is 0 Å². The van der Waals surface area contributed by atoms with Gasteiger partial charge in [-0.15, -0.1) is 0 Å². The first-order valence-electron chi connectivity index (χ1n) is 10.0. The molecule has 0 radical (unpaired) electrons. The first-order chi connectivity index (χ1) is 17.3. The molecule has 0 atom stereocenters. The highest BCUT2D eigenvalue weighted by molar-refractivity contribution is 7.85. The molecule has 3 aromatic carbocycles. The first-order valence-corrected chi connectivity index (χ1v) is 14.5. The van der Waals surface area contributed by atoms with Crippen LogP contribution in [0, 0.1) is 0 Å². The summed E-state index contributed by atoms with van der Waals surface area (Å²) in [5, 5.41) is -0.117. The molecule has 0 aliphatic carbocycles. The number of rotatable bonds is 10. The van der Waals surface area contributed by atoms with Crippen molar-refractivity contribution in [2.45, 2.75) is 0 Å². The van der Waals surface area contributed by atoms with Gasteiger partial charge in [-0.05, 0) is 36.4 Å². The Hall–Kier alpha value is -3.62. The van der Waals surface area contributed by atoms with Crippen molar-refractivity contribution in [1.82, 2.24) is 31.9 Å². The Kier molecular flexibility index (Phi) is 9.01. The molecule has 18 heteroatoms. The van der Waals surface area contributed by atoms with Crippen LogP contribution in [0.1, 0.15) is 0 Å². The fraction of sp³-hybridized carbons (Fsp3) is 0. The lowest BCUT2D eigenvalue weighted by Gasteiger charge is -2.14. The van der Waals surface area contributed by atoms with Gasteiger partial charge in [0.15, 0.2) is 0 Å². The molecule has 2 heterocycles. The van der Waals surface area contributed by atoms with E-state index < -0.39 is 20.6 Å². The van der Waals surface area contributed by atoms with E-state index in [9.17, 15) is 16.8 Å². The fourth-order valence-electron chi connectivity index (χ4n) is 2.94. The number of nitrogens with one attached hydrogen (secondary N) is 4. The molecule has 0 aliphatic heterocycles. The fourth-order valence-corrected chi connectivity index (χ4v) is 6.15. The van der Waals surface area contributed by atoms with E-state index in [1.54, 1.807) is 60.7 Å². The molecule has 202 valence electrons. The Balaban J connectivity index is 0.00000200. The minimum atomic E-state index is -4.31. The summed E-state index contributed by atoms with van der Waals surface area (Å²) in [7, 11) is -8.61. The van der Waals surface area contributed by atoms with Crippen LogP contribution in [-0.2, 0) is 20.6 Å². The minimum absolute atomic E-state index is 0. The topological polar surface area (TPSA) is 234 Å². The molecular weight excluding hydrogens is 577 g/mol. The predicted molar refractivity (Wildman–Crippen MR) is 150 cm³/mol. The summed E-state index contributed by atoms with van der Waals surface area (Å²) in [5.41, 5.74) is 6.55. The first kappa shape index (κ1) is 28.9. The minimum Gasteiger partial charge on any atom is -0.369 e. The quantitative estimate of drug-likeness (QED) is 0.125. The van der Waals surface area contributed by atoms with Crippen molar-refractivity contribution in [3.8, 4) is 10.4 Å². The van der Waals surface area contributed by atoms with E-state index in [1.165, 1.54) is 12.1 Å². The largest absolute Gasteiger partial charge is 0.401 e. The lowest BCUT2D eigenvalue weighted by Crippen LogP contribution is -2.35. The number of hydrazine groups is 2. The van der Waals surface area contributed by atoms with Crippen LogP contribution in [0.5, 0.6) is 10.4 Å². The maximum atomic E-state index is 12.4. The Bertz CT molecular complexity index is 1560. The smallest absolute Gasteiger partial charge is 0.369 e. The van der Waals surface area contributed by atoms with Crippen LogP contribution < -0.4 is 41.2 Å². The second-order valence-corrected chi connectivity index (χ2v) is 11.5. The maximum absolute atomic E-state index is 12.4. The molecule has 0 spiro atoms. The molecule has 12 N–H and O–H groups in total. The van der Waals surface area contributed by atoms with Crippen LogP contribution >= 0.6 is 22.7 Å². The van der Waals surface area contributed by atoms with Gasteiger partial charge < -0.3 is 31.5 Å². The number of nitrogens with zero attached hydrogens (tertiary/aromatic N) is 2. The summed E-state index contributed by atoms with van der Waals surface area (Å²) in [4.78, 5) is 12.4. The summed E-state index contributed by atoms with van der Waals surface area (Å²) in [5.74, 6) is 0. The lowest BCUT2D eigenvalue weighted by molar-refractivity contribution is 0.473. The van der Waals surface area contributed by atoms with Crippen molar-refractivity contribution < 1.29 is 25.2 Å². The second-order valence-electron chi connectivity index (χ2n) is 6.97. The molecule has 0 saturated carbocycles. The molecular formula is C20H24N8O6S4+2. The predicted octanol–water partition coefficient (Wildman–Crippen LogP) is 4.14. The van der Waals surface area contributed by atoms with Crippen molar-refractivity contribution in [2.75, 3.05) is 10.9 Å². The summed E-state index contributed by atoms with van der Waals surface area (Å²) in [6.07, 6.45) is 0. The third kappa shape index (κ3) is 7.02. The Labute approximate surface area is 225 Å². The van der Waals surface area contributed by atoms with Gasteiger partial charge in [-0.25, -0.2) is 9.97 Å². The highest BCUT2D eigenvalue weighted by Gasteiger charge is 2.18. The van der Waals surface area contributed by atoms with Crippen LogP contribution in [0.4, 0.5) is 11.4 Å². The number of anilines is 2. The van der Waals surface area contributed by atoms with Crippen LogP contribution in [0.2, 0.25) is 0 Å². The summed E-state index contributed by atoms with van der Waals surface area (Å²) >= 11 is 2.15. The maximum Gasteiger partial charge on any atom is 0.401 e. The molecule has 14 nitrogen and oxygen atoms in total. The number of fused-ring (bicyclic) bond motifs is 2. The third-order valence-electron chi connectivity index (χ3n) is 4.46. The number of thiazole rings is 2. The average molecular weight is 601 g/mol. The van der Waals surface area contributed by atoms with Gasteiger partial charge in [0.25, 0.3) is 10.4 Å². The van der Waals surface area contributed by atoms with Crippen molar-refractivity contribution in [3.05, 3.63) is 72.8 Å². The molecule has 0 saturated heterocycles. The molecule has 0 bridgehead atoms. The van der Waals surface area contributed by atoms with Gasteiger partial charge in [-0.3, -0.25) is 0 Å². The van der Waals surface area contributed by atoms with E-state index in [4.69, 9.17) is 8.37 Å². The third-order valence-corrected chi connectivity index (χ3v) is 7.96. The molecule has 0 fully saturated rings. The number of benzene rings is 3. The standard InChI is InChI=1S/C20H16N6O6S4.2H3N/c27-35(28,31-19-21-15-9-3-5-11-17(15)33-19)25-23-13-7-1-2-8-14(13)24-26-36(29,30)32-20-22-16-10-4-6-12-18(16)34-20;;/h1-12,23-26H;2*1H3/p+2. The van der Waals surface area contributed by atoms with Gasteiger partial charge in [-0.2, -0.15) is 16.8 Å². The van der Waals surface area contributed by atoms with E-state index in [0.717, 1.165) is 32.1 Å². The SMILES string of the molecule is O=S(=O)(NNc1ccccc1NNS(=O)(=O)Oc1nc2ccccc2s1)Oc1nc2ccccc2s1.[NH4+].[NH4+]. The van der Waals surface area contributed by atoms with E-state index in [-0.39, 0.29) is 34.1 Å². The monoisotopic (exact) mass is 600 g/mol. The van der Waals surface area contributed by atoms with Crippen molar-refractivity contribution in [3.63, 3.8) is 0 Å². The number of hydrogen-bond donors (Lipinski definition) is 6. The van der Waals surface area contributed by atoms with Crippen molar-refractivity contribution >= 4 is 75.1 Å². The van der Waals surface area contributed by atoms with Crippen LogP contribution in [0.3, 0.4) is 0 Å². The van der Waals surface area contributed by atoms with Gasteiger partial charge in [0.05, 0.1) is 31.8 Å². The summed E-state index contributed by atoms with van der Waals surface area (Å²) in [6.45, 7) is 0. The molecule has 0 amide bonds. The van der Waals surface area contributed by atoms with Gasteiger partial charge in [0.1, 0.15) is 0 Å². The Morgan fingerprint density at radius 2 is 0.947 bits per heavy atom. The average Bonchev–Trinajstić information content (AvgIpc) is 3.43. The van der Waals surface area contributed by atoms with E-state index >= 15 is 0 Å². The number of aromatic nitrogens is 2. The number of quaternary nitrogens is 2. The molecule has 0 aliphatic rings. The van der Waals surface area contributed by atoms with Gasteiger partial charge in [-0.1, -0.05) is 68.7 Å². The zero-order chi connectivity index (χ0) is 25.2. The summed E-state index contributed by atoms with van der Waals surface area (Å²) in [6, 6.07) is 20.5. The second kappa shape index (κ2) is 11.8. The molecule has 5 rings (SSSR count). The zero-order valence-electron chi connectivity index (χ0n) is 19.9. The molecule has 2 aromatic heterocycles. The number of para-hydroxylation sites is 4. The Morgan fingerprint density at radius 3 is 1.34 bits per heavy atom. The van der Waals surface area contributed by atoms with E-state index in [0.29, 0.717) is 11.0 Å². The molecule has 0 unspecified atom stereocenters. The van der Waals surface area contributed by atoms with Gasteiger partial charge in [0, 0.05) is 0 Å². The highest BCUT2D eigenvalue weighted by Crippen LogP contribution is 2.29. The van der Waals surface area contributed by atoms with E-state index in [1.807, 2.05) is 0 Å². The highest BCUT2D eigenvalue weighted by atomic mass is 32.2. The normalized spacial score (nSPS) is 11.4. The van der Waals surface area contributed by atoms with Crippen molar-refractivity contribution in [2.24, 2.45) is 0 Å². The Morgan fingerprint density at radius 1 is 0.579 bits per heavy atom. The summed E-state index contributed by atoms with van der Waals surface area (Å²) < 4.78 is 61.0. The molecule has 5 aromatic rings. The van der Waals surface area contributed by atoms with Gasteiger partial charge >= 0.3 is 20.6 Å². The van der Waals surface area contributed by atoms with Crippen LogP contribution in [0.15, 0.2) is 72.8 Å².